The summed E-state index contributed by atoms with van der Waals surface area (Å²) in [7, 11) is 0. The van der Waals surface area contributed by atoms with Gasteiger partial charge in [-0.05, 0) is 38.5 Å². The monoisotopic (exact) mass is 274 g/mol. The first-order valence-electron chi connectivity index (χ1n) is 8.21. The first-order chi connectivity index (χ1) is 9.81. The van der Waals surface area contributed by atoms with E-state index < -0.39 is 0 Å². The molecule has 0 amide bonds. The van der Waals surface area contributed by atoms with Crippen LogP contribution in [-0.4, -0.2) is 29.1 Å². The second kappa shape index (κ2) is 5.98. The lowest BCUT2D eigenvalue weighted by atomic mass is 10.2. The van der Waals surface area contributed by atoms with E-state index in [9.17, 15) is 0 Å². The number of anilines is 2. The van der Waals surface area contributed by atoms with Crippen LogP contribution in [0, 0.1) is 0 Å². The van der Waals surface area contributed by atoms with Crippen LogP contribution in [0.2, 0.25) is 0 Å². The fraction of sp³-hybridized carbons (Fsp3) is 0.750. The van der Waals surface area contributed by atoms with Gasteiger partial charge in [0.2, 0.25) is 0 Å². The Balaban J connectivity index is 1.86. The molecule has 0 bridgehead atoms. The minimum absolute atomic E-state index is 0.611. The fourth-order valence-electron chi connectivity index (χ4n) is 3.03. The normalized spacial score (nSPS) is 22.3. The van der Waals surface area contributed by atoms with Gasteiger partial charge < -0.3 is 10.2 Å². The Bertz CT molecular complexity index is 456. The molecule has 1 unspecified atom stereocenters. The van der Waals surface area contributed by atoms with Crippen LogP contribution in [0.25, 0.3) is 0 Å². The summed E-state index contributed by atoms with van der Waals surface area (Å²) in [6.07, 6.45) is 7.44. The van der Waals surface area contributed by atoms with Gasteiger partial charge in [0.15, 0.2) is 0 Å². The molecule has 4 heteroatoms. The Kier molecular flexibility index (Phi) is 4.08. The van der Waals surface area contributed by atoms with Gasteiger partial charge in [-0.25, -0.2) is 9.97 Å². The van der Waals surface area contributed by atoms with Crippen LogP contribution in [-0.2, 0) is 0 Å². The third-order valence-electron chi connectivity index (χ3n) is 4.37. The topological polar surface area (TPSA) is 41.0 Å². The van der Waals surface area contributed by atoms with Crippen molar-refractivity contribution in [3.8, 4) is 0 Å². The predicted molar refractivity (Wildman–Crippen MR) is 83.4 cm³/mol. The van der Waals surface area contributed by atoms with E-state index in [0.717, 1.165) is 37.0 Å². The molecule has 1 aliphatic carbocycles. The molecule has 1 aromatic heterocycles. The maximum Gasteiger partial charge on any atom is 0.136 e. The molecule has 1 aromatic rings. The number of hydrogen-bond donors (Lipinski definition) is 1. The second-order valence-electron chi connectivity index (χ2n) is 6.07. The molecule has 1 saturated heterocycles. The Morgan fingerprint density at radius 3 is 2.80 bits per heavy atom. The van der Waals surface area contributed by atoms with E-state index >= 15 is 0 Å². The highest BCUT2D eigenvalue weighted by Gasteiger charge is 2.30. The molecule has 2 heterocycles. The average Bonchev–Trinajstić information content (AvgIpc) is 3.22. The van der Waals surface area contributed by atoms with Crippen molar-refractivity contribution in [1.29, 1.82) is 0 Å². The van der Waals surface area contributed by atoms with Gasteiger partial charge in [0.1, 0.15) is 17.5 Å². The molecule has 1 N–H and O–H groups in total. The van der Waals surface area contributed by atoms with Crippen LogP contribution in [0.1, 0.15) is 64.1 Å². The molecule has 0 radical (unpaired) electrons. The zero-order valence-corrected chi connectivity index (χ0v) is 12.7. The van der Waals surface area contributed by atoms with Crippen LogP contribution >= 0.6 is 0 Å². The van der Waals surface area contributed by atoms with Gasteiger partial charge in [-0.3, -0.25) is 0 Å². The molecule has 4 nitrogen and oxygen atoms in total. The SMILES string of the molecule is CCCNc1cc(N2CCCC2CC)nc(C2CC2)n1. The summed E-state index contributed by atoms with van der Waals surface area (Å²) in [6, 6.07) is 2.81. The summed E-state index contributed by atoms with van der Waals surface area (Å²) in [5.41, 5.74) is 0. The maximum atomic E-state index is 4.86. The highest BCUT2D eigenvalue weighted by atomic mass is 15.2. The van der Waals surface area contributed by atoms with Crippen molar-refractivity contribution in [2.24, 2.45) is 0 Å². The largest absolute Gasteiger partial charge is 0.370 e. The molecule has 0 spiro atoms. The number of nitrogens with one attached hydrogen (secondary N) is 1. The predicted octanol–water partition coefficient (Wildman–Crippen LogP) is 3.55. The third-order valence-corrected chi connectivity index (χ3v) is 4.37. The van der Waals surface area contributed by atoms with Crippen molar-refractivity contribution in [2.45, 2.75) is 64.3 Å². The van der Waals surface area contributed by atoms with Gasteiger partial charge in [0, 0.05) is 31.1 Å². The van der Waals surface area contributed by atoms with Crippen molar-refractivity contribution < 1.29 is 0 Å². The van der Waals surface area contributed by atoms with Crippen molar-refractivity contribution >= 4 is 11.6 Å². The van der Waals surface area contributed by atoms with E-state index in [1.165, 1.54) is 32.1 Å². The maximum absolute atomic E-state index is 4.86. The number of aromatic nitrogens is 2. The van der Waals surface area contributed by atoms with Gasteiger partial charge in [-0.1, -0.05) is 13.8 Å². The summed E-state index contributed by atoms with van der Waals surface area (Å²) >= 11 is 0. The third kappa shape index (κ3) is 2.89. The second-order valence-corrected chi connectivity index (χ2v) is 6.07. The average molecular weight is 274 g/mol. The van der Waals surface area contributed by atoms with Crippen molar-refractivity contribution in [2.75, 3.05) is 23.3 Å². The molecule has 110 valence electrons. The first-order valence-corrected chi connectivity index (χ1v) is 8.21. The van der Waals surface area contributed by atoms with Crippen LogP contribution in [0.5, 0.6) is 0 Å². The smallest absolute Gasteiger partial charge is 0.136 e. The van der Waals surface area contributed by atoms with E-state index in [4.69, 9.17) is 9.97 Å². The van der Waals surface area contributed by atoms with Gasteiger partial charge >= 0.3 is 0 Å². The van der Waals surface area contributed by atoms with E-state index in [1.807, 2.05) is 0 Å². The molecule has 2 aliphatic rings. The van der Waals surface area contributed by atoms with E-state index in [-0.39, 0.29) is 0 Å². The minimum Gasteiger partial charge on any atom is -0.370 e. The fourth-order valence-corrected chi connectivity index (χ4v) is 3.03. The Morgan fingerprint density at radius 2 is 2.10 bits per heavy atom. The molecule has 1 atom stereocenters. The zero-order chi connectivity index (χ0) is 13.9. The molecule has 1 saturated carbocycles. The summed E-state index contributed by atoms with van der Waals surface area (Å²) in [4.78, 5) is 12.1. The quantitative estimate of drug-likeness (QED) is 0.861. The number of hydrogen-bond acceptors (Lipinski definition) is 4. The lowest BCUT2D eigenvalue weighted by Gasteiger charge is -2.25. The van der Waals surface area contributed by atoms with Crippen LogP contribution in [0.15, 0.2) is 6.07 Å². The van der Waals surface area contributed by atoms with Gasteiger partial charge in [-0.15, -0.1) is 0 Å². The number of rotatable bonds is 6. The highest BCUT2D eigenvalue weighted by Crippen LogP contribution is 2.39. The Labute approximate surface area is 122 Å². The number of nitrogens with zero attached hydrogens (tertiary/aromatic N) is 3. The van der Waals surface area contributed by atoms with E-state index in [0.29, 0.717) is 12.0 Å². The minimum atomic E-state index is 0.611. The standard InChI is InChI=1S/C16H26N4/c1-3-9-17-14-11-15(19-16(18-14)12-7-8-12)20-10-5-6-13(20)4-2/h11-13H,3-10H2,1-2H3,(H,17,18,19). The molecule has 2 fully saturated rings. The lowest BCUT2D eigenvalue weighted by Crippen LogP contribution is -2.29. The Hall–Kier alpha value is -1.32. The van der Waals surface area contributed by atoms with Crippen molar-refractivity contribution in [3.63, 3.8) is 0 Å². The molecule has 1 aliphatic heterocycles. The van der Waals surface area contributed by atoms with Gasteiger partial charge in [0.25, 0.3) is 0 Å². The molecule has 0 aromatic carbocycles. The summed E-state index contributed by atoms with van der Waals surface area (Å²) in [6.45, 7) is 6.59. The van der Waals surface area contributed by atoms with Crippen LogP contribution in [0.3, 0.4) is 0 Å². The summed E-state index contributed by atoms with van der Waals surface area (Å²) < 4.78 is 0. The zero-order valence-electron chi connectivity index (χ0n) is 12.7. The Morgan fingerprint density at radius 1 is 1.25 bits per heavy atom. The lowest BCUT2D eigenvalue weighted by molar-refractivity contribution is 0.638. The van der Waals surface area contributed by atoms with Crippen LogP contribution in [0.4, 0.5) is 11.6 Å². The van der Waals surface area contributed by atoms with Crippen molar-refractivity contribution in [1.82, 2.24) is 9.97 Å². The molecular formula is C16H26N4. The van der Waals surface area contributed by atoms with Gasteiger partial charge in [-0.2, -0.15) is 0 Å². The summed E-state index contributed by atoms with van der Waals surface area (Å²) in [5, 5.41) is 3.44. The highest BCUT2D eigenvalue weighted by molar-refractivity contribution is 5.51. The van der Waals surface area contributed by atoms with E-state index in [1.54, 1.807) is 0 Å². The van der Waals surface area contributed by atoms with Crippen molar-refractivity contribution in [3.05, 3.63) is 11.9 Å². The molecule has 3 rings (SSSR count). The first kappa shape index (κ1) is 13.7. The molecule has 20 heavy (non-hydrogen) atoms. The van der Waals surface area contributed by atoms with Crippen LogP contribution < -0.4 is 10.2 Å². The van der Waals surface area contributed by atoms with Gasteiger partial charge in [0.05, 0.1) is 0 Å². The summed E-state index contributed by atoms with van der Waals surface area (Å²) in [5.74, 6) is 3.83. The molecular weight excluding hydrogens is 248 g/mol. The van der Waals surface area contributed by atoms with E-state index in [2.05, 4.69) is 30.1 Å².